The minimum Gasteiger partial charge on any atom is -0.329 e. The van der Waals surface area contributed by atoms with Crippen LogP contribution in [0.4, 0.5) is 0 Å². The van der Waals surface area contributed by atoms with Crippen LogP contribution < -0.4 is 0 Å². The fraction of sp³-hybridized carbons (Fsp3) is 0.412. The Balaban J connectivity index is 2.00. The third-order valence-electron chi connectivity index (χ3n) is 4.34. The number of rotatable bonds is 3. The van der Waals surface area contributed by atoms with Gasteiger partial charge in [-0.3, -0.25) is 9.59 Å². The first-order chi connectivity index (χ1) is 10.2. The fourth-order valence-corrected chi connectivity index (χ4v) is 3.35. The molecule has 2 amide bonds. The van der Waals surface area contributed by atoms with Crippen LogP contribution in [-0.4, -0.2) is 40.7 Å². The molecule has 0 aromatic heterocycles. The Labute approximate surface area is 125 Å². The maximum atomic E-state index is 12.9. The highest BCUT2D eigenvalue weighted by Gasteiger charge is 2.46. The second-order valence-electron chi connectivity index (χ2n) is 5.64. The van der Waals surface area contributed by atoms with Crippen LogP contribution in [0.1, 0.15) is 30.9 Å². The molecule has 0 saturated carbocycles. The predicted octanol–water partition coefficient (Wildman–Crippen LogP) is 2.14. The Morgan fingerprint density at radius 3 is 2.62 bits per heavy atom. The van der Waals surface area contributed by atoms with Crippen molar-refractivity contribution in [3.8, 4) is 0 Å². The van der Waals surface area contributed by atoms with E-state index in [9.17, 15) is 9.59 Å². The molecular formula is C17H20N2O2. The molecule has 2 fully saturated rings. The quantitative estimate of drug-likeness (QED) is 0.798. The fourth-order valence-electron chi connectivity index (χ4n) is 3.35. The van der Waals surface area contributed by atoms with Gasteiger partial charge in [0.05, 0.1) is 0 Å². The lowest BCUT2D eigenvalue weighted by atomic mass is 9.92. The maximum absolute atomic E-state index is 12.9. The molecule has 3 rings (SSSR count). The van der Waals surface area contributed by atoms with E-state index < -0.39 is 6.04 Å². The molecule has 0 radical (unpaired) electrons. The van der Waals surface area contributed by atoms with Gasteiger partial charge in [-0.1, -0.05) is 36.4 Å². The molecule has 0 N–H and O–H groups in total. The number of hydrogen-bond acceptors (Lipinski definition) is 2. The number of piperidine rings is 1. The lowest BCUT2D eigenvalue weighted by Gasteiger charge is -2.46. The van der Waals surface area contributed by atoms with E-state index in [0.29, 0.717) is 13.1 Å². The second-order valence-corrected chi connectivity index (χ2v) is 5.64. The van der Waals surface area contributed by atoms with E-state index in [4.69, 9.17) is 0 Å². The Kier molecular flexibility index (Phi) is 3.78. The van der Waals surface area contributed by atoms with Crippen molar-refractivity contribution in [1.29, 1.82) is 0 Å². The number of fused-ring (bicyclic) bond motifs is 1. The molecule has 2 heterocycles. The Bertz CT molecular complexity index is 555. The van der Waals surface area contributed by atoms with Crippen LogP contribution in [0.5, 0.6) is 0 Å². The van der Waals surface area contributed by atoms with Crippen LogP contribution in [0.3, 0.4) is 0 Å². The molecule has 0 spiro atoms. The van der Waals surface area contributed by atoms with Crippen LogP contribution in [0.2, 0.25) is 0 Å². The Morgan fingerprint density at radius 1 is 1.14 bits per heavy atom. The molecule has 1 aromatic rings. The van der Waals surface area contributed by atoms with Crippen LogP contribution in [0, 0.1) is 0 Å². The predicted molar refractivity (Wildman–Crippen MR) is 80.4 cm³/mol. The van der Waals surface area contributed by atoms with Gasteiger partial charge in [-0.2, -0.15) is 0 Å². The zero-order valence-electron chi connectivity index (χ0n) is 12.1. The molecule has 4 heteroatoms. The monoisotopic (exact) mass is 284 g/mol. The summed E-state index contributed by atoms with van der Waals surface area (Å²) in [4.78, 5) is 29.1. The zero-order valence-corrected chi connectivity index (χ0v) is 12.1. The van der Waals surface area contributed by atoms with E-state index >= 15 is 0 Å². The summed E-state index contributed by atoms with van der Waals surface area (Å²) in [7, 11) is 0. The summed E-state index contributed by atoms with van der Waals surface area (Å²) in [6.45, 7) is 4.83. The Hall–Kier alpha value is -2.10. The number of carbonyl (C=O) groups excluding carboxylic acids is 2. The molecule has 2 aliphatic heterocycles. The lowest BCUT2D eigenvalue weighted by molar-refractivity contribution is -0.163. The molecule has 1 aromatic carbocycles. The maximum Gasteiger partial charge on any atom is 0.250 e. The van der Waals surface area contributed by atoms with Crippen LogP contribution in [0.25, 0.3) is 0 Å². The van der Waals surface area contributed by atoms with Crippen LogP contribution in [-0.2, 0) is 9.59 Å². The van der Waals surface area contributed by atoms with Crippen molar-refractivity contribution in [3.05, 3.63) is 48.6 Å². The number of nitrogens with zero attached hydrogens (tertiary/aromatic N) is 2. The van der Waals surface area contributed by atoms with E-state index in [1.54, 1.807) is 15.9 Å². The summed E-state index contributed by atoms with van der Waals surface area (Å²) in [6.07, 6.45) is 4.47. The van der Waals surface area contributed by atoms with Crippen molar-refractivity contribution < 1.29 is 9.59 Å². The highest BCUT2D eigenvalue weighted by atomic mass is 16.2. The summed E-state index contributed by atoms with van der Waals surface area (Å²) in [5.74, 6) is 0.107. The second kappa shape index (κ2) is 5.72. The first kappa shape index (κ1) is 13.9. The molecule has 21 heavy (non-hydrogen) atoms. The van der Waals surface area contributed by atoms with E-state index in [1.807, 2.05) is 30.3 Å². The van der Waals surface area contributed by atoms with Gasteiger partial charge in [-0.25, -0.2) is 0 Å². The Morgan fingerprint density at radius 2 is 1.90 bits per heavy atom. The van der Waals surface area contributed by atoms with Gasteiger partial charge in [0.2, 0.25) is 5.91 Å². The number of benzene rings is 1. The van der Waals surface area contributed by atoms with Gasteiger partial charge in [0.25, 0.3) is 5.91 Å². The van der Waals surface area contributed by atoms with Crippen molar-refractivity contribution in [2.24, 2.45) is 0 Å². The number of piperazine rings is 1. The average molecular weight is 284 g/mol. The smallest absolute Gasteiger partial charge is 0.250 e. The van der Waals surface area contributed by atoms with Crippen molar-refractivity contribution in [1.82, 2.24) is 9.80 Å². The molecule has 4 nitrogen and oxygen atoms in total. The van der Waals surface area contributed by atoms with E-state index in [2.05, 4.69) is 6.58 Å². The third-order valence-corrected chi connectivity index (χ3v) is 4.34. The number of hydrogen-bond donors (Lipinski definition) is 0. The number of amides is 2. The molecule has 2 aliphatic rings. The highest BCUT2D eigenvalue weighted by molar-refractivity contribution is 5.97. The lowest BCUT2D eigenvalue weighted by Crippen LogP contribution is -2.62. The molecule has 2 atom stereocenters. The first-order valence-corrected chi connectivity index (χ1v) is 7.51. The third kappa shape index (κ3) is 2.35. The average Bonchev–Trinajstić information content (AvgIpc) is 2.54. The summed E-state index contributed by atoms with van der Waals surface area (Å²) in [5.41, 5.74) is 0.877. The van der Waals surface area contributed by atoms with Gasteiger partial charge < -0.3 is 9.80 Å². The van der Waals surface area contributed by atoms with Crippen molar-refractivity contribution >= 4 is 11.8 Å². The van der Waals surface area contributed by atoms with Gasteiger partial charge in [-0.15, -0.1) is 6.58 Å². The van der Waals surface area contributed by atoms with E-state index in [1.165, 1.54) is 0 Å². The van der Waals surface area contributed by atoms with Gasteiger partial charge in [0.15, 0.2) is 0 Å². The summed E-state index contributed by atoms with van der Waals surface area (Å²) in [6, 6.07) is 8.77. The summed E-state index contributed by atoms with van der Waals surface area (Å²) < 4.78 is 0. The largest absolute Gasteiger partial charge is 0.329 e. The first-order valence-electron chi connectivity index (χ1n) is 7.51. The van der Waals surface area contributed by atoms with E-state index in [-0.39, 0.29) is 17.9 Å². The normalized spacial score (nSPS) is 25.7. The van der Waals surface area contributed by atoms with Gasteiger partial charge in [-0.05, 0) is 24.8 Å². The minimum atomic E-state index is -0.508. The molecular weight excluding hydrogens is 264 g/mol. The molecule has 0 bridgehead atoms. The topological polar surface area (TPSA) is 40.6 Å². The molecule has 0 aliphatic carbocycles. The summed E-state index contributed by atoms with van der Waals surface area (Å²) >= 11 is 0. The molecule has 2 saturated heterocycles. The molecule has 2 unspecified atom stereocenters. The SMILES string of the molecule is C=CCN1C(=O)C2CCCCN2C(=O)C1c1ccccc1. The minimum absolute atomic E-state index is 0.0485. The van der Waals surface area contributed by atoms with Gasteiger partial charge >= 0.3 is 0 Å². The standard InChI is InChI=1S/C17H20N2O2/c1-2-11-19-15(13-8-4-3-5-9-13)17(21)18-12-7-6-10-14(18)16(19)20/h2-5,8-9,14-15H,1,6-7,10-12H2. The van der Waals surface area contributed by atoms with Crippen LogP contribution in [0.15, 0.2) is 43.0 Å². The van der Waals surface area contributed by atoms with Gasteiger partial charge in [0.1, 0.15) is 12.1 Å². The summed E-state index contributed by atoms with van der Waals surface area (Å²) in [5, 5.41) is 0. The van der Waals surface area contributed by atoms with Crippen molar-refractivity contribution in [3.63, 3.8) is 0 Å². The van der Waals surface area contributed by atoms with Crippen molar-refractivity contribution in [2.75, 3.05) is 13.1 Å². The van der Waals surface area contributed by atoms with Crippen molar-refractivity contribution in [2.45, 2.75) is 31.3 Å². The van der Waals surface area contributed by atoms with E-state index in [0.717, 1.165) is 24.8 Å². The zero-order chi connectivity index (χ0) is 14.8. The van der Waals surface area contributed by atoms with Crippen LogP contribution >= 0.6 is 0 Å². The number of carbonyl (C=O) groups is 2. The van der Waals surface area contributed by atoms with Gasteiger partial charge in [0, 0.05) is 13.1 Å². The molecule has 110 valence electrons. The highest BCUT2D eigenvalue weighted by Crippen LogP contribution is 2.33.